The van der Waals surface area contributed by atoms with Crippen molar-refractivity contribution in [2.75, 3.05) is 6.54 Å². The van der Waals surface area contributed by atoms with E-state index in [2.05, 4.69) is 53.8 Å². The van der Waals surface area contributed by atoms with E-state index in [1.165, 1.54) is 29.6 Å². The number of rotatable bonds is 3. The average Bonchev–Trinajstić information content (AvgIpc) is 2.55. The van der Waals surface area contributed by atoms with Gasteiger partial charge < -0.3 is 5.73 Å². The standard InChI is InChI=1S/C9H13.C5H12N.C2H7Si.2ClH.Ti/c1-6-5-7(2)9(4)8(6)3;1-2-3-4-5-6;1-3-2;;;/h6H,1-4H3;6H,2-5H2,1H3;3H,1-2H3;2*1H;/q2*-1;;;;+2. The predicted octanol–water partition coefficient (Wildman–Crippen LogP) is 6.31. The molecule has 0 aromatic heterocycles. The fourth-order valence-electron chi connectivity index (χ4n) is 1.54. The number of unbranched alkanes of at least 4 members (excludes halogenated alkanes) is 2. The summed E-state index contributed by atoms with van der Waals surface area (Å²) in [5.74, 6) is 0.560. The Balaban J connectivity index is -0.0000000637. The summed E-state index contributed by atoms with van der Waals surface area (Å²) >= 11 is 0. The first kappa shape index (κ1) is 33.5. The van der Waals surface area contributed by atoms with Crippen molar-refractivity contribution >= 4 is 34.3 Å². The molecule has 0 aromatic carbocycles. The minimum Gasteiger partial charge on any atom is -0.677 e. The molecule has 5 heteroatoms. The number of halogens is 2. The number of hydrogen-bond donors (Lipinski definition) is 0. The van der Waals surface area contributed by atoms with E-state index in [0.717, 1.165) is 15.9 Å². The molecule has 0 heterocycles. The first-order valence-electron chi connectivity index (χ1n) is 7.12. The molecule has 0 saturated carbocycles. The zero-order valence-corrected chi connectivity index (χ0v) is 19.1. The largest absolute Gasteiger partial charge is 2.00 e. The maximum Gasteiger partial charge on any atom is 2.00 e. The van der Waals surface area contributed by atoms with Crippen LogP contribution in [0, 0.1) is 12.0 Å². The molecule has 0 aromatic rings. The Morgan fingerprint density at radius 3 is 1.62 bits per heavy atom. The normalized spacial score (nSPS) is 15.0. The first-order chi connectivity index (χ1) is 8.45. The van der Waals surface area contributed by atoms with Crippen LogP contribution < -0.4 is 0 Å². The molecule has 0 aliphatic heterocycles. The van der Waals surface area contributed by atoms with Gasteiger partial charge in [0.15, 0.2) is 0 Å². The van der Waals surface area contributed by atoms with Crippen LogP contribution >= 0.6 is 24.8 Å². The van der Waals surface area contributed by atoms with Gasteiger partial charge in [0.2, 0.25) is 0 Å². The van der Waals surface area contributed by atoms with Crippen molar-refractivity contribution in [3.05, 3.63) is 28.5 Å². The van der Waals surface area contributed by atoms with Crippen molar-refractivity contribution in [1.29, 1.82) is 0 Å². The molecule has 1 atom stereocenters. The van der Waals surface area contributed by atoms with E-state index in [1.807, 2.05) is 0 Å². The molecule has 1 nitrogen and oxygen atoms in total. The van der Waals surface area contributed by atoms with E-state index in [0.29, 0.717) is 12.5 Å². The SMILES string of the molecule is CC1=[C-]C(C)C(C)=C1C.CCCCC[NH-].C[SiH]C.Cl.Cl.[Ti+2]. The van der Waals surface area contributed by atoms with Gasteiger partial charge in [-0.05, 0) is 0 Å². The van der Waals surface area contributed by atoms with Crippen LogP contribution in [0.25, 0.3) is 5.73 Å². The van der Waals surface area contributed by atoms with Gasteiger partial charge in [0, 0.05) is 9.52 Å². The number of nitrogens with one attached hydrogen (secondary N) is 1. The summed E-state index contributed by atoms with van der Waals surface area (Å²) in [6.07, 6.45) is 6.90. The van der Waals surface area contributed by atoms with Crippen LogP contribution in [0.5, 0.6) is 0 Å². The molecule has 0 amide bonds. The van der Waals surface area contributed by atoms with Crippen molar-refractivity contribution < 1.29 is 21.7 Å². The van der Waals surface area contributed by atoms with Crippen molar-refractivity contribution in [2.24, 2.45) is 5.92 Å². The summed E-state index contributed by atoms with van der Waals surface area (Å²) < 4.78 is 0. The van der Waals surface area contributed by atoms with Gasteiger partial charge in [-0.15, -0.1) is 31.7 Å². The van der Waals surface area contributed by atoms with E-state index in [9.17, 15) is 0 Å². The minimum atomic E-state index is 0. The molecule has 1 aliphatic rings. The molecule has 0 spiro atoms. The molecule has 0 bridgehead atoms. The monoisotopic (exact) mass is 386 g/mol. The van der Waals surface area contributed by atoms with Crippen LogP contribution in [0.1, 0.15) is 53.9 Å². The molecule has 1 unspecified atom stereocenters. The fraction of sp³-hybridized carbons (Fsp3) is 0.750. The Hall–Kier alpha value is 0.951. The first-order valence-corrected chi connectivity index (χ1v) is 9.43. The molecule has 1 radical (unpaired) electrons. The third-order valence-corrected chi connectivity index (χ3v) is 3.02. The van der Waals surface area contributed by atoms with Crippen molar-refractivity contribution in [3.8, 4) is 0 Å². The van der Waals surface area contributed by atoms with Crippen LogP contribution in [0.3, 0.4) is 0 Å². The predicted molar refractivity (Wildman–Crippen MR) is 102 cm³/mol. The third-order valence-electron chi connectivity index (χ3n) is 3.02. The van der Waals surface area contributed by atoms with Gasteiger partial charge in [-0.1, -0.05) is 66.0 Å². The Morgan fingerprint density at radius 2 is 1.52 bits per heavy atom. The van der Waals surface area contributed by atoms with E-state index in [4.69, 9.17) is 5.73 Å². The summed E-state index contributed by atoms with van der Waals surface area (Å²) in [6, 6.07) is 0. The summed E-state index contributed by atoms with van der Waals surface area (Å²) in [6.45, 7) is 15.8. The van der Waals surface area contributed by atoms with Crippen LogP contribution in [0.15, 0.2) is 16.7 Å². The van der Waals surface area contributed by atoms with Crippen molar-refractivity contribution in [2.45, 2.75) is 67.0 Å². The summed E-state index contributed by atoms with van der Waals surface area (Å²) in [4.78, 5) is 0. The Kier molecular flexibility index (Phi) is 37.1. The Bertz CT molecular complexity index is 265. The Labute approximate surface area is 163 Å². The molecule has 125 valence electrons. The van der Waals surface area contributed by atoms with Crippen LogP contribution in [-0.2, 0) is 21.7 Å². The molecule has 1 rings (SSSR count). The van der Waals surface area contributed by atoms with Crippen LogP contribution in [0.4, 0.5) is 0 Å². The van der Waals surface area contributed by atoms with E-state index >= 15 is 0 Å². The minimum absolute atomic E-state index is 0. The van der Waals surface area contributed by atoms with Crippen LogP contribution in [0.2, 0.25) is 13.1 Å². The molecular weight excluding hydrogens is 353 g/mol. The smallest absolute Gasteiger partial charge is 0.677 e. The summed E-state index contributed by atoms with van der Waals surface area (Å²) in [5, 5.41) is 0. The van der Waals surface area contributed by atoms with Crippen molar-refractivity contribution in [1.82, 2.24) is 0 Å². The second kappa shape index (κ2) is 23.2. The van der Waals surface area contributed by atoms with Gasteiger partial charge in [-0.2, -0.15) is 17.7 Å². The molecule has 1 N–H and O–H groups in total. The molecule has 0 fully saturated rings. The quantitative estimate of drug-likeness (QED) is 0.308. The topological polar surface area (TPSA) is 23.8 Å². The number of allylic oxidation sites excluding steroid dienone is 4. The third kappa shape index (κ3) is 18.9. The number of hydrogen-bond acceptors (Lipinski definition) is 0. The summed E-state index contributed by atoms with van der Waals surface area (Å²) in [5.41, 5.74) is 11.0. The van der Waals surface area contributed by atoms with Crippen LogP contribution in [-0.4, -0.2) is 16.1 Å². The molecular formula is C16H34Cl2NSiTi. The fourth-order valence-corrected chi connectivity index (χ4v) is 1.54. The Morgan fingerprint density at radius 1 is 1.10 bits per heavy atom. The van der Waals surface area contributed by atoms with Crippen molar-refractivity contribution in [3.63, 3.8) is 0 Å². The van der Waals surface area contributed by atoms with Gasteiger partial charge in [0.25, 0.3) is 0 Å². The maximum atomic E-state index is 6.71. The van der Waals surface area contributed by atoms with E-state index in [-0.39, 0.29) is 46.5 Å². The molecule has 0 saturated heterocycles. The van der Waals surface area contributed by atoms with Gasteiger partial charge in [0.1, 0.15) is 0 Å². The van der Waals surface area contributed by atoms with E-state index in [1.54, 1.807) is 0 Å². The van der Waals surface area contributed by atoms with Gasteiger partial charge in [-0.3, -0.25) is 6.08 Å². The maximum absolute atomic E-state index is 6.71. The van der Waals surface area contributed by atoms with Gasteiger partial charge in [0.05, 0.1) is 0 Å². The zero-order chi connectivity index (χ0) is 14.6. The average molecular weight is 387 g/mol. The molecule has 21 heavy (non-hydrogen) atoms. The summed E-state index contributed by atoms with van der Waals surface area (Å²) in [7, 11) is 0.750. The molecule has 1 aliphatic carbocycles. The second-order valence-electron chi connectivity index (χ2n) is 4.83. The zero-order valence-electron chi connectivity index (χ0n) is 14.8. The van der Waals surface area contributed by atoms with Gasteiger partial charge in [-0.25, -0.2) is 5.57 Å². The second-order valence-corrected chi connectivity index (χ2v) is 5.99. The van der Waals surface area contributed by atoms with Gasteiger partial charge >= 0.3 is 21.7 Å². The van der Waals surface area contributed by atoms with E-state index < -0.39 is 0 Å².